The van der Waals surface area contributed by atoms with Crippen molar-refractivity contribution in [2.75, 3.05) is 11.9 Å². The summed E-state index contributed by atoms with van der Waals surface area (Å²) >= 11 is 0. The third kappa shape index (κ3) is 3.04. The molecule has 0 amide bonds. The number of rotatable bonds is 4. The van der Waals surface area contributed by atoms with E-state index in [0.29, 0.717) is 11.6 Å². The lowest BCUT2D eigenvalue weighted by atomic mass is 10.3. The average molecular weight is 270 g/mol. The summed E-state index contributed by atoms with van der Waals surface area (Å²) in [5.74, 6) is 0.586. The van der Waals surface area contributed by atoms with Crippen LogP contribution in [0.5, 0.6) is 0 Å². The fourth-order valence-corrected chi connectivity index (χ4v) is 1.58. The summed E-state index contributed by atoms with van der Waals surface area (Å²) in [5.41, 5.74) is -0.372. The van der Waals surface area contributed by atoms with Gasteiger partial charge in [0.1, 0.15) is 5.69 Å². The Balaban J connectivity index is 2.25. The van der Waals surface area contributed by atoms with Crippen LogP contribution in [0.3, 0.4) is 0 Å². The number of anilines is 1. The topological polar surface area (TPSA) is 42.7 Å². The fraction of sp³-hybridized carbons (Fsp3) is 0.333. The van der Waals surface area contributed by atoms with Crippen LogP contribution in [0.25, 0.3) is 5.69 Å². The molecule has 0 aliphatic rings. The van der Waals surface area contributed by atoms with E-state index < -0.39 is 11.9 Å². The van der Waals surface area contributed by atoms with Crippen molar-refractivity contribution in [2.24, 2.45) is 0 Å². The molecule has 0 fully saturated rings. The first-order chi connectivity index (χ1) is 9.02. The highest BCUT2D eigenvalue weighted by molar-refractivity contribution is 5.40. The van der Waals surface area contributed by atoms with Crippen molar-refractivity contribution >= 4 is 5.95 Å². The first kappa shape index (κ1) is 13.4. The second-order valence-corrected chi connectivity index (χ2v) is 3.95. The normalized spacial score (nSPS) is 11.6. The van der Waals surface area contributed by atoms with E-state index >= 15 is 0 Å². The van der Waals surface area contributed by atoms with Crippen molar-refractivity contribution in [3.05, 3.63) is 36.4 Å². The molecule has 7 heteroatoms. The zero-order valence-corrected chi connectivity index (χ0v) is 10.3. The van der Waals surface area contributed by atoms with Gasteiger partial charge in [0.2, 0.25) is 5.95 Å². The molecule has 0 radical (unpaired) electrons. The fourth-order valence-electron chi connectivity index (χ4n) is 1.58. The molecule has 0 saturated carbocycles. The Labute approximate surface area is 108 Å². The van der Waals surface area contributed by atoms with Gasteiger partial charge in [-0.3, -0.25) is 4.57 Å². The molecule has 2 heterocycles. The Morgan fingerprint density at radius 1 is 1.26 bits per heavy atom. The molecule has 2 aromatic rings. The molecule has 2 rings (SSSR count). The van der Waals surface area contributed by atoms with Gasteiger partial charge >= 0.3 is 6.18 Å². The number of nitrogens with zero attached hydrogens (tertiary/aromatic N) is 3. The van der Waals surface area contributed by atoms with Crippen molar-refractivity contribution in [1.82, 2.24) is 14.5 Å². The van der Waals surface area contributed by atoms with E-state index in [4.69, 9.17) is 0 Å². The maximum absolute atomic E-state index is 12.4. The maximum atomic E-state index is 12.4. The van der Waals surface area contributed by atoms with Crippen LogP contribution in [0, 0.1) is 0 Å². The molecule has 102 valence electrons. The summed E-state index contributed by atoms with van der Waals surface area (Å²) in [6, 6.07) is 2.33. The highest BCUT2D eigenvalue weighted by Crippen LogP contribution is 2.27. The number of hydrogen-bond donors (Lipinski definition) is 1. The standard InChI is InChI=1S/C12H13F3N4/c1-2-5-16-11-17-6-7-19(11)9-3-4-10(18-8-9)12(13,14)15/h3-4,6-8H,2,5H2,1H3,(H,16,17). The van der Waals surface area contributed by atoms with Crippen LogP contribution in [-0.4, -0.2) is 21.1 Å². The predicted octanol–water partition coefficient (Wildman–Crippen LogP) is 3.11. The Kier molecular flexibility index (Phi) is 3.73. The van der Waals surface area contributed by atoms with Crippen molar-refractivity contribution in [3.8, 4) is 5.69 Å². The Morgan fingerprint density at radius 3 is 2.63 bits per heavy atom. The SMILES string of the molecule is CCCNc1nccn1-c1ccc(C(F)(F)F)nc1. The third-order valence-corrected chi connectivity index (χ3v) is 2.49. The van der Waals surface area contributed by atoms with Gasteiger partial charge in [0.25, 0.3) is 0 Å². The third-order valence-electron chi connectivity index (χ3n) is 2.49. The number of aromatic nitrogens is 3. The van der Waals surface area contributed by atoms with Gasteiger partial charge in [-0.2, -0.15) is 13.2 Å². The van der Waals surface area contributed by atoms with Crippen LogP contribution in [0.2, 0.25) is 0 Å². The average Bonchev–Trinajstić information content (AvgIpc) is 2.83. The van der Waals surface area contributed by atoms with Crippen LogP contribution in [0.1, 0.15) is 19.0 Å². The number of pyridine rings is 1. The van der Waals surface area contributed by atoms with E-state index in [2.05, 4.69) is 15.3 Å². The van der Waals surface area contributed by atoms with Crippen LogP contribution in [0.15, 0.2) is 30.7 Å². The van der Waals surface area contributed by atoms with Gasteiger partial charge in [-0.1, -0.05) is 6.92 Å². The first-order valence-electron chi connectivity index (χ1n) is 5.83. The quantitative estimate of drug-likeness (QED) is 0.928. The van der Waals surface area contributed by atoms with Crippen LogP contribution in [-0.2, 0) is 6.18 Å². The summed E-state index contributed by atoms with van der Waals surface area (Å²) in [4.78, 5) is 7.53. The number of hydrogen-bond acceptors (Lipinski definition) is 3. The molecule has 0 aromatic carbocycles. The van der Waals surface area contributed by atoms with E-state index in [1.165, 1.54) is 12.3 Å². The lowest BCUT2D eigenvalue weighted by Gasteiger charge is -2.10. The van der Waals surface area contributed by atoms with E-state index in [9.17, 15) is 13.2 Å². The Hall–Kier alpha value is -2.05. The minimum Gasteiger partial charge on any atom is -0.355 e. The second-order valence-electron chi connectivity index (χ2n) is 3.95. The highest BCUT2D eigenvalue weighted by Gasteiger charge is 2.32. The molecule has 0 saturated heterocycles. The Bertz CT molecular complexity index is 531. The Morgan fingerprint density at radius 2 is 2.05 bits per heavy atom. The largest absolute Gasteiger partial charge is 0.433 e. The molecular weight excluding hydrogens is 257 g/mol. The van der Waals surface area contributed by atoms with E-state index in [1.807, 2.05) is 6.92 Å². The molecule has 0 bridgehead atoms. The summed E-state index contributed by atoms with van der Waals surface area (Å²) < 4.78 is 38.9. The van der Waals surface area contributed by atoms with Crippen LogP contribution < -0.4 is 5.32 Å². The zero-order chi connectivity index (χ0) is 13.9. The molecule has 19 heavy (non-hydrogen) atoms. The molecule has 4 nitrogen and oxygen atoms in total. The van der Waals surface area contributed by atoms with Gasteiger partial charge in [0.15, 0.2) is 0 Å². The summed E-state index contributed by atoms with van der Waals surface area (Å²) in [5, 5.41) is 3.09. The van der Waals surface area contributed by atoms with Gasteiger partial charge < -0.3 is 5.32 Å². The maximum Gasteiger partial charge on any atom is 0.433 e. The molecule has 0 unspecified atom stereocenters. The van der Waals surface area contributed by atoms with E-state index in [0.717, 1.165) is 19.0 Å². The van der Waals surface area contributed by atoms with Gasteiger partial charge in [-0.05, 0) is 18.6 Å². The van der Waals surface area contributed by atoms with Gasteiger partial charge in [-0.25, -0.2) is 9.97 Å². The summed E-state index contributed by atoms with van der Waals surface area (Å²) in [6.45, 7) is 2.75. The number of alkyl halides is 3. The predicted molar refractivity (Wildman–Crippen MR) is 65.1 cm³/mol. The summed E-state index contributed by atoms with van der Waals surface area (Å²) in [6.07, 6.45) is 0.939. The lowest BCUT2D eigenvalue weighted by molar-refractivity contribution is -0.141. The molecule has 0 atom stereocenters. The van der Waals surface area contributed by atoms with Gasteiger partial charge in [-0.15, -0.1) is 0 Å². The van der Waals surface area contributed by atoms with Crippen molar-refractivity contribution < 1.29 is 13.2 Å². The smallest absolute Gasteiger partial charge is 0.355 e. The van der Waals surface area contributed by atoms with E-state index in [-0.39, 0.29) is 0 Å². The monoisotopic (exact) mass is 270 g/mol. The number of nitrogens with one attached hydrogen (secondary N) is 1. The molecule has 0 spiro atoms. The van der Waals surface area contributed by atoms with Crippen molar-refractivity contribution in [2.45, 2.75) is 19.5 Å². The molecule has 2 aromatic heterocycles. The minimum atomic E-state index is -4.42. The highest BCUT2D eigenvalue weighted by atomic mass is 19.4. The van der Waals surface area contributed by atoms with Crippen LogP contribution >= 0.6 is 0 Å². The molecule has 0 aliphatic heterocycles. The molecular formula is C12H13F3N4. The molecule has 0 aliphatic carbocycles. The van der Waals surface area contributed by atoms with Gasteiger partial charge in [0, 0.05) is 18.9 Å². The van der Waals surface area contributed by atoms with Crippen molar-refractivity contribution in [1.29, 1.82) is 0 Å². The zero-order valence-electron chi connectivity index (χ0n) is 10.3. The molecule has 1 N–H and O–H groups in total. The second kappa shape index (κ2) is 5.29. The lowest BCUT2D eigenvalue weighted by Crippen LogP contribution is -2.09. The minimum absolute atomic E-state index is 0.532. The number of halogens is 3. The first-order valence-corrected chi connectivity index (χ1v) is 5.83. The van der Waals surface area contributed by atoms with Crippen molar-refractivity contribution in [3.63, 3.8) is 0 Å². The van der Waals surface area contributed by atoms with Gasteiger partial charge in [0.05, 0.1) is 11.9 Å². The van der Waals surface area contributed by atoms with Crippen LogP contribution in [0.4, 0.5) is 19.1 Å². The van der Waals surface area contributed by atoms with E-state index in [1.54, 1.807) is 17.0 Å². The summed E-state index contributed by atoms with van der Waals surface area (Å²) in [7, 11) is 0. The number of imidazole rings is 1.